The molecule has 1 atom stereocenters. The van der Waals surface area contributed by atoms with Crippen LogP contribution in [-0.4, -0.2) is 6.04 Å². The largest absolute Gasteiger partial charge is 0.285 e. The van der Waals surface area contributed by atoms with Crippen molar-refractivity contribution in [1.82, 2.24) is 0 Å². The average molecular weight is 438 g/mol. The van der Waals surface area contributed by atoms with Gasteiger partial charge in [0.2, 0.25) is 0 Å². The Balaban J connectivity index is 2.04. The Bertz CT molecular complexity index is 1060. The maximum absolute atomic E-state index is 5.90. The summed E-state index contributed by atoms with van der Waals surface area (Å²) in [6.45, 7) is 6.96. The van der Waals surface area contributed by atoms with Crippen molar-refractivity contribution in [1.29, 1.82) is 0 Å². The second-order valence-electron chi connectivity index (χ2n) is 9.33. The van der Waals surface area contributed by atoms with Crippen LogP contribution in [0.4, 0.5) is 0 Å². The summed E-state index contributed by atoms with van der Waals surface area (Å²) < 4.78 is 5.90. The Morgan fingerprint density at radius 2 is 0.906 bits per heavy atom. The monoisotopic (exact) mass is 437 g/mol. The van der Waals surface area contributed by atoms with Gasteiger partial charge in [-0.15, -0.1) is 0 Å². The van der Waals surface area contributed by atoms with Crippen LogP contribution in [0.2, 0.25) is 0 Å². The van der Waals surface area contributed by atoms with Gasteiger partial charge in [0.25, 0.3) is 0 Å². The number of hydrogen-bond acceptors (Lipinski definition) is 1. The van der Waals surface area contributed by atoms with Crippen molar-refractivity contribution in [3.63, 3.8) is 0 Å². The first kappa shape index (κ1) is 22.3. The van der Waals surface area contributed by atoms with Crippen LogP contribution in [0.5, 0.6) is 0 Å². The van der Waals surface area contributed by atoms with E-state index in [1.54, 1.807) is 0 Å². The molecule has 0 bridgehead atoms. The quantitative estimate of drug-likeness (QED) is 0.294. The topological polar surface area (TPSA) is 12.4 Å². The lowest BCUT2D eigenvalue weighted by molar-refractivity contribution is 0.323. The summed E-state index contributed by atoms with van der Waals surface area (Å²) in [4.78, 5) is 0. The Kier molecular flexibility index (Phi) is 6.77. The molecule has 0 radical (unpaired) electrons. The van der Waals surface area contributed by atoms with Crippen molar-refractivity contribution in [3.05, 3.63) is 127 Å². The normalized spacial score (nSPS) is 12.8. The molecule has 0 saturated carbocycles. The first-order chi connectivity index (χ1) is 15.5. The van der Waals surface area contributed by atoms with E-state index in [4.69, 9.17) is 4.74 Å². The molecule has 0 spiro atoms. The molecule has 0 fully saturated rings. The molecule has 1 nitrogen and oxygen atoms in total. The fourth-order valence-corrected chi connectivity index (χ4v) is 8.10. The lowest BCUT2D eigenvalue weighted by Gasteiger charge is -2.34. The number of rotatable bonds is 6. The third-order valence-corrected chi connectivity index (χ3v) is 9.74. The van der Waals surface area contributed by atoms with Crippen molar-refractivity contribution in [2.24, 2.45) is 10.2 Å². The van der Waals surface area contributed by atoms with Gasteiger partial charge in [-0.1, -0.05) is 142 Å². The minimum atomic E-state index is -2.22. The molecule has 32 heavy (non-hydrogen) atoms. The molecule has 2 heteroatoms. The Morgan fingerprint density at radius 1 is 0.562 bits per heavy atom. The summed E-state index contributed by atoms with van der Waals surface area (Å²) in [5, 5.41) is 3.92. The van der Waals surface area contributed by atoms with Crippen molar-refractivity contribution in [3.8, 4) is 0 Å². The minimum absolute atomic E-state index is 0.0272. The van der Waals surface area contributed by atoms with Gasteiger partial charge >= 0.3 is 0 Å². The molecule has 1 unspecified atom stereocenters. The first-order valence-electron chi connectivity index (χ1n) is 11.3. The van der Waals surface area contributed by atoms with E-state index < -0.39 is 7.05 Å². The van der Waals surface area contributed by atoms with Gasteiger partial charge < -0.3 is 0 Å². The highest BCUT2D eigenvalue weighted by atomic mass is 31.2. The summed E-state index contributed by atoms with van der Waals surface area (Å²) in [5.74, 6) is 0. The second-order valence-corrected chi connectivity index (χ2v) is 12.4. The van der Waals surface area contributed by atoms with Crippen molar-refractivity contribution in [2.45, 2.75) is 33.2 Å². The van der Waals surface area contributed by atoms with Crippen molar-refractivity contribution < 1.29 is 0 Å². The Hall–Kier alpha value is -2.89. The Morgan fingerprint density at radius 3 is 1.25 bits per heavy atom. The predicted octanol–water partition coefficient (Wildman–Crippen LogP) is 6.82. The molecule has 0 heterocycles. The fraction of sp³-hybridized carbons (Fsp3) is 0.200. The van der Waals surface area contributed by atoms with Crippen molar-refractivity contribution >= 4 is 23.0 Å². The van der Waals surface area contributed by atoms with Gasteiger partial charge in [-0.05, 0) is 17.4 Å². The highest BCUT2D eigenvalue weighted by Crippen LogP contribution is 2.49. The summed E-state index contributed by atoms with van der Waals surface area (Å²) in [5.41, 5.74) is 1.36. The molecule has 0 N–H and O–H groups in total. The first-order valence-corrected chi connectivity index (χ1v) is 13.1. The van der Waals surface area contributed by atoms with Gasteiger partial charge in [0.05, 0.1) is 13.1 Å². The van der Waals surface area contributed by atoms with Gasteiger partial charge in [-0.25, -0.2) is 0 Å². The van der Waals surface area contributed by atoms with Crippen molar-refractivity contribution in [2.75, 3.05) is 0 Å². The van der Waals surface area contributed by atoms with Gasteiger partial charge in [0.1, 0.15) is 0 Å². The predicted molar refractivity (Wildman–Crippen MR) is 141 cm³/mol. The van der Waals surface area contributed by atoms with E-state index in [0.717, 1.165) is 6.42 Å². The van der Waals surface area contributed by atoms with Crippen LogP contribution in [0.3, 0.4) is 0 Å². The van der Waals surface area contributed by atoms with E-state index in [9.17, 15) is 0 Å². The SMILES string of the molecule is CC(C)(C)C(Cc1ccccc1)N=P(c1ccccc1)(c1ccccc1)c1ccccc1. The van der Waals surface area contributed by atoms with Gasteiger partial charge in [-0.3, -0.25) is 4.74 Å². The summed E-state index contributed by atoms with van der Waals surface area (Å²) in [6.07, 6.45) is 0.929. The molecule has 162 valence electrons. The smallest absolute Gasteiger partial charge is 0.0584 e. The maximum atomic E-state index is 5.90. The van der Waals surface area contributed by atoms with E-state index >= 15 is 0 Å². The minimum Gasteiger partial charge on any atom is -0.285 e. The highest BCUT2D eigenvalue weighted by molar-refractivity contribution is 7.87. The molecule has 4 aromatic rings. The molecule has 0 amide bonds. The zero-order valence-corrected chi connectivity index (χ0v) is 20.1. The van der Waals surface area contributed by atoms with E-state index in [0.29, 0.717) is 0 Å². The average Bonchev–Trinajstić information content (AvgIpc) is 2.83. The number of benzene rings is 4. The van der Waals surface area contributed by atoms with Crippen LogP contribution in [-0.2, 0) is 6.42 Å². The summed E-state index contributed by atoms with van der Waals surface area (Å²) >= 11 is 0. The van der Waals surface area contributed by atoms with Crippen LogP contribution >= 0.6 is 7.05 Å². The number of nitrogens with zero attached hydrogens (tertiary/aromatic N) is 1. The fourth-order valence-electron chi connectivity index (χ4n) is 4.15. The summed E-state index contributed by atoms with van der Waals surface area (Å²) in [7, 11) is -2.22. The lowest BCUT2D eigenvalue weighted by Crippen LogP contribution is -2.32. The molecule has 0 aromatic heterocycles. The third-order valence-electron chi connectivity index (χ3n) is 5.97. The molecule has 0 saturated heterocycles. The van der Waals surface area contributed by atoms with E-state index in [1.165, 1.54) is 21.5 Å². The van der Waals surface area contributed by atoms with E-state index in [1.807, 2.05) is 0 Å². The van der Waals surface area contributed by atoms with Crippen LogP contribution in [0.15, 0.2) is 126 Å². The Labute approximate surface area is 193 Å². The van der Waals surface area contributed by atoms with Crippen LogP contribution < -0.4 is 15.9 Å². The second kappa shape index (κ2) is 9.72. The zero-order chi connectivity index (χ0) is 22.4. The van der Waals surface area contributed by atoms with Crippen LogP contribution in [0.25, 0.3) is 0 Å². The standard InChI is InChI=1S/C30H32NP/c1-30(2,3)29(24-25-16-8-4-9-17-25)31-32(26-18-10-5-11-19-26,27-20-12-6-13-21-27)28-22-14-7-15-23-28/h4-23,29H,24H2,1-3H3. The molecule has 4 rings (SSSR count). The van der Waals surface area contributed by atoms with Gasteiger partial charge in [-0.2, -0.15) is 0 Å². The molecule has 0 aliphatic carbocycles. The van der Waals surface area contributed by atoms with Gasteiger partial charge in [0, 0.05) is 15.9 Å². The maximum Gasteiger partial charge on any atom is 0.0584 e. The highest BCUT2D eigenvalue weighted by Gasteiger charge is 2.32. The molecular formula is C30H32NP. The van der Waals surface area contributed by atoms with Gasteiger partial charge in [0.15, 0.2) is 0 Å². The van der Waals surface area contributed by atoms with Crippen LogP contribution in [0.1, 0.15) is 26.3 Å². The van der Waals surface area contributed by atoms with Crippen LogP contribution in [0, 0.1) is 5.41 Å². The lowest BCUT2D eigenvalue weighted by atomic mass is 9.84. The number of hydrogen-bond donors (Lipinski definition) is 0. The van der Waals surface area contributed by atoms with E-state index in [2.05, 4.69) is 142 Å². The molecular weight excluding hydrogens is 405 g/mol. The molecule has 0 aliphatic rings. The molecule has 4 aromatic carbocycles. The molecule has 0 aliphatic heterocycles. The van der Waals surface area contributed by atoms with E-state index in [-0.39, 0.29) is 11.5 Å². The summed E-state index contributed by atoms with van der Waals surface area (Å²) in [6, 6.07) is 43.7. The third kappa shape index (κ3) is 4.79. The zero-order valence-electron chi connectivity index (χ0n) is 19.2.